The third-order valence-electron chi connectivity index (χ3n) is 35.1. The van der Waals surface area contributed by atoms with Gasteiger partial charge in [-0.1, -0.05) is 142 Å². The first kappa shape index (κ1) is 98.6. The molecule has 0 saturated heterocycles. The molecule has 0 aromatic rings. The minimum absolute atomic E-state index is 0.0127. The van der Waals surface area contributed by atoms with Gasteiger partial charge in [0.15, 0.2) is 0 Å². The maximum Gasteiger partial charge on any atom is 0.392 e. The lowest BCUT2D eigenvalue weighted by Crippen LogP contribution is -2.54. The molecular weight excluding hydrogens is 1490 g/mol. The highest BCUT2D eigenvalue weighted by molar-refractivity contribution is 6.20. The minimum Gasteiger partial charge on any atom is -0.393 e. The molecule has 24 saturated carbocycles. The normalized spacial score (nSPS) is 45.2. The number of aliphatic hydroxyl groups excluding tert-OH is 3. The van der Waals surface area contributed by atoms with Crippen molar-refractivity contribution in [2.24, 2.45) is 158 Å². The number of Topliss-reactive ketones (excluding diaryl/α,β-unsaturated/α-hetero) is 3. The molecule has 24 aliphatic carbocycles. The number of carbonyl (C=O) groups is 3. The summed E-state index contributed by atoms with van der Waals surface area (Å²) in [7, 11) is 0. The first-order chi connectivity index (χ1) is 55.0. The molecule has 24 rings (SSSR count). The van der Waals surface area contributed by atoms with E-state index in [1.807, 2.05) is 0 Å². The lowest BCUT2D eigenvalue weighted by Gasteiger charge is -2.59. The third kappa shape index (κ3) is 29.7. The Morgan fingerprint density at radius 2 is 1.02 bits per heavy atom. The van der Waals surface area contributed by atoms with Crippen LogP contribution in [0.3, 0.4) is 0 Å². The molecule has 0 radical (unpaired) electrons. The molecule has 674 valence electrons. The van der Waals surface area contributed by atoms with Crippen LogP contribution in [0, 0.1) is 179 Å². The number of hydrogen-bond donors (Lipinski definition) is 4. The number of nitro groups is 1. The van der Waals surface area contributed by atoms with Gasteiger partial charge in [-0.15, -0.1) is 11.6 Å². The summed E-state index contributed by atoms with van der Waals surface area (Å²) in [5, 5.41) is 58.0. The Labute approximate surface area is 716 Å². The van der Waals surface area contributed by atoms with Gasteiger partial charge in [-0.05, 0) is 372 Å². The highest BCUT2D eigenvalue weighted by atomic mass is 35.5. The summed E-state index contributed by atoms with van der Waals surface area (Å²) in [6.45, 7) is 31.8. The van der Waals surface area contributed by atoms with Crippen LogP contribution in [-0.4, -0.2) is 84.2 Å². The van der Waals surface area contributed by atoms with Gasteiger partial charge in [-0.2, -0.15) is 18.4 Å². The molecule has 24 fully saturated rings. The Kier molecular flexibility index (Phi) is 37.3. The summed E-state index contributed by atoms with van der Waals surface area (Å²) in [5.41, 5.74) is 1.62. The van der Waals surface area contributed by atoms with Crippen LogP contribution in [0.25, 0.3) is 0 Å². The van der Waals surface area contributed by atoms with Crippen molar-refractivity contribution < 1.29 is 52.9 Å². The minimum atomic E-state index is -3.96. The van der Waals surface area contributed by atoms with E-state index in [-0.39, 0.29) is 46.2 Å². The topological polar surface area (TPSA) is 199 Å². The molecule has 16 bridgehead atoms. The molecule has 11 nitrogen and oxygen atoms in total. The van der Waals surface area contributed by atoms with Crippen LogP contribution in [0.4, 0.5) is 13.2 Å². The van der Waals surface area contributed by atoms with Crippen LogP contribution in [0.2, 0.25) is 0 Å². The fourth-order valence-corrected chi connectivity index (χ4v) is 29.5. The summed E-state index contributed by atoms with van der Waals surface area (Å²) in [6.07, 6.45) is 53.9. The standard InChI is InChI=1S/C12H17N.C11H18O.C10H18.C9H14O.C9H16O.C8H13F3.C8H12O.C7H13Cl.C7H13NO2.C7H14O.C7H12O.C7H14O/c1-11-3-9-2-10(4-11)6-12(5-9,7-11)8-13;1-10-3-8-2-9(4-10)6-11(12,5-8)7-10;1-7-6-8-4-5-9(7)10(8,2)3;1-6-4-8-3-2-7(6)5-9(8)10;1-6-4-7-2-3-8(6)9(10)5-7;1-6-4-2-3-5-7(6)8(9,10)11;1-5-2-6-3-7(5)8(9)4-6;1-6-3-2-4-7(8)5-6;1-6-2-4-7(5-3-6)8(9)10;2*1-6-2-4-7(8)5-3-6;1-6-3-2-4-7(8)5-6/h9-10H,2-7H2,1H3;8-9,12H,2-7H2,1H3;7-9H,4-6H2,1-3H3;6-8H,2-5H2,1H3;6-10H,2-5H2,1H3;6-7H,2-5H2,1H3;5-7H,2-4H2,1H3;6-7H,2-5H2,1H3;6-7H,2-5H2,1H3;6-8H,2-5H2,1H3;6H,2-5H2,1H3;6-8H,2-5H2,1H3. The van der Waals surface area contributed by atoms with Gasteiger partial charge in [0.25, 0.3) is 0 Å². The zero-order chi connectivity index (χ0) is 85.5. The average molecular weight is 1660 g/mol. The second kappa shape index (κ2) is 44.3. The van der Waals surface area contributed by atoms with Crippen molar-refractivity contribution in [2.45, 2.75) is 459 Å². The number of ketones is 3. The number of aliphatic hydroxyl groups is 4. The van der Waals surface area contributed by atoms with E-state index in [1.54, 1.807) is 6.92 Å². The van der Waals surface area contributed by atoms with Gasteiger partial charge < -0.3 is 20.4 Å². The van der Waals surface area contributed by atoms with Crippen LogP contribution in [0.1, 0.15) is 418 Å². The summed E-state index contributed by atoms with van der Waals surface area (Å²) < 4.78 is 36.6. The number of nitriles is 1. The van der Waals surface area contributed by atoms with Crippen molar-refractivity contribution in [3.63, 3.8) is 0 Å². The van der Waals surface area contributed by atoms with Gasteiger partial charge in [0.1, 0.15) is 17.3 Å². The smallest absolute Gasteiger partial charge is 0.392 e. The molecule has 0 aromatic carbocycles. The maximum absolute atomic E-state index is 12.2. The van der Waals surface area contributed by atoms with E-state index in [9.17, 15) is 53.1 Å². The quantitative estimate of drug-likeness (QED) is 0.111. The van der Waals surface area contributed by atoms with Gasteiger partial charge in [-0.3, -0.25) is 24.5 Å². The first-order valence-electron chi connectivity index (χ1n) is 49.6. The third-order valence-corrected chi connectivity index (χ3v) is 35.5. The number of fused-ring (bicyclic) bond motifs is 10. The number of nitrogens with zero attached hydrogens (tertiary/aromatic N) is 2. The van der Waals surface area contributed by atoms with Gasteiger partial charge in [0.05, 0.1) is 41.3 Å². The number of alkyl halides is 4. The van der Waals surface area contributed by atoms with Crippen molar-refractivity contribution in [1.82, 2.24) is 0 Å². The lowest BCUT2D eigenvalue weighted by atomic mass is 9.45. The van der Waals surface area contributed by atoms with Crippen molar-refractivity contribution in [2.75, 3.05) is 0 Å². The Bertz CT molecular complexity index is 2970. The molecule has 4 N–H and O–H groups in total. The second-order valence-electron chi connectivity index (χ2n) is 46.7. The predicted molar refractivity (Wildman–Crippen MR) is 470 cm³/mol. The van der Waals surface area contributed by atoms with E-state index >= 15 is 0 Å². The van der Waals surface area contributed by atoms with Crippen LogP contribution in [0.15, 0.2) is 0 Å². The van der Waals surface area contributed by atoms with Gasteiger partial charge in [0, 0.05) is 60.7 Å². The molecule has 0 aromatic heterocycles. The molecule has 0 heterocycles. The Morgan fingerprint density at radius 1 is 0.462 bits per heavy atom. The Morgan fingerprint density at radius 3 is 1.35 bits per heavy atom. The van der Waals surface area contributed by atoms with Crippen LogP contribution in [0.5, 0.6) is 0 Å². The van der Waals surface area contributed by atoms with E-state index in [4.69, 9.17) is 21.8 Å². The molecule has 0 amide bonds. The molecule has 117 heavy (non-hydrogen) atoms. The largest absolute Gasteiger partial charge is 0.393 e. The van der Waals surface area contributed by atoms with Crippen LogP contribution in [-0.2, 0) is 14.4 Å². The first-order valence-corrected chi connectivity index (χ1v) is 50.0. The van der Waals surface area contributed by atoms with Crippen molar-refractivity contribution in [1.29, 1.82) is 5.26 Å². The zero-order valence-corrected chi connectivity index (χ0v) is 77.5. The number of halogens is 4. The molecule has 24 aliphatic rings. The van der Waals surface area contributed by atoms with E-state index in [0.717, 1.165) is 230 Å². The van der Waals surface area contributed by atoms with Gasteiger partial charge >= 0.3 is 6.18 Å². The molecule has 15 heteroatoms. The molecular formula is C102H174ClF3N2O9. The van der Waals surface area contributed by atoms with Crippen molar-refractivity contribution in [3.05, 3.63) is 10.1 Å². The SMILES string of the molecule is CC12CC3CC(C1)CC(C#N)(C3)C2.CC12CC3CC(C1)CC(O)(C3)C2.CC1CC2CC(=O)C1C2.CC1CC2CCC1C(O)C2.CC1CC2CCC1C2(C)C.CC1CC2CCC1CC2=O.CC1CCC(=O)CC1.CC1CCC(O)CC1.CC1CCC([N+](=O)[O-])CC1.CC1CCCC(Cl)C1.CC1CCCC(O)C1.CC1CCCCC1C(F)(F)F. The van der Waals surface area contributed by atoms with Crippen LogP contribution < -0.4 is 0 Å². The fourth-order valence-electron chi connectivity index (χ4n) is 29.1. The number of hydrogen-bond acceptors (Lipinski definition) is 10. The average Bonchev–Trinajstić information content (AvgIpc) is 1.63. The van der Waals surface area contributed by atoms with Crippen molar-refractivity contribution >= 4 is 29.0 Å². The lowest BCUT2D eigenvalue weighted by molar-refractivity contribution is -0.526. The van der Waals surface area contributed by atoms with Gasteiger partial charge in [0.2, 0.25) is 6.04 Å². The summed E-state index contributed by atoms with van der Waals surface area (Å²) >= 11 is 5.91. The zero-order valence-electron chi connectivity index (χ0n) is 76.8. The predicted octanol–water partition coefficient (Wildman–Crippen LogP) is 26.9. The monoisotopic (exact) mass is 1660 g/mol. The Balaban J connectivity index is 0.000000146. The molecule has 0 aliphatic heterocycles. The van der Waals surface area contributed by atoms with E-state index in [1.165, 1.54) is 180 Å². The molecule has 23 unspecified atom stereocenters. The van der Waals surface area contributed by atoms with Gasteiger partial charge in [-0.25, -0.2) is 0 Å². The summed E-state index contributed by atoms with van der Waals surface area (Å²) in [4.78, 5) is 43.0. The van der Waals surface area contributed by atoms with E-state index in [0.29, 0.717) is 75.0 Å². The van der Waals surface area contributed by atoms with E-state index in [2.05, 4.69) is 96.1 Å². The molecule has 23 atom stereocenters. The van der Waals surface area contributed by atoms with Crippen molar-refractivity contribution in [3.8, 4) is 6.07 Å². The summed E-state index contributed by atoms with van der Waals surface area (Å²) in [6, 6.07) is 2.40. The Hall–Kier alpha value is -2.18. The number of carbonyl (C=O) groups excluding carboxylic acids is 3. The van der Waals surface area contributed by atoms with Crippen LogP contribution >= 0.6 is 11.6 Å². The number of rotatable bonds is 1. The fraction of sp³-hybridized carbons (Fsp3) is 0.961. The maximum atomic E-state index is 12.2. The highest BCUT2D eigenvalue weighted by Crippen LogP contribution is 2.66. The molecule has 0 spiro atoms. The van der Waals surface area contributed by atoms with E-state index < -0.39 is 12.1 Å². The summed E-state index contributed by atoms with van der Waals surface area (Å²) in [5.74, 6) is 17.3. The highest BCUT2D eigenvalue weighted by Gasteiger charge is 2.58. The second-order valence-corrected chi connectivity index (χ2v) is 47.4.